The molecule has 0 saturated carbocycles. The molecule has 0 saturated heterocycles. The summed E-state index contributed by atoms with van der Waals surface area (Å²) in [5.74, 6) is 1.52. The minimum Gasteiger partial charge on any atom is -0.175 e. The average molecular weight is 671 g/mol. The third kappa shape index (κ3) is 4.33. The highest BCUT2D eigenvalue weighted by atomic mass is 32.1. The molecule has 0 heterocycles. The van der Waals surface area contributed by atoms with Crippen molar-refractivity contribution in [3.05, 3.63) is 154 Å². The van der Waals surface area contributed by atoms with Crippen molar-refractivity contribution in [2.45, 2.75) is 69.3 Å². The van der Waals surface area contributed by atoms with Crippen LogP contribution < -0.4 is 0 Å². The SMILES string of the molecule is CC1(C)c2cc(CS)ccc2-c2ccc(-c3ccc4c(c3)C(C)(C)c3cc(-c5ccc6c(c5)C(C)(C)c5cc(CS)ccc5-6)ccc3-4)cc21. The van der Waals surface area contributed by atoms with Crippen molar-refractivity contribution in [3.8, 4) is 55.6 Å². The number of thiol groups is 2. The predicted molar refractivity (Wildman–Crippen MR) is 215 cm³/mol. The van der Waals surface area contributed by atoms with E-state index in [-0.39, 0.29) is 16.2 Å². The van der Waals surface area contributed by atoms with E-state index in [1.54, 1.807) is 0 Å². The Morgan fingerprint density at radius 3 is 0.796 bits per heavy atom. The van der Waals surface area contributed by atoms with Crippen LogP contribution in [0.3, 0.4) is 0 Å². The number of rotatable bonds is 4. The summed E-state index contributed by atoms with van der Waals surface area (Å²) in [6.45, 7) is 14.3. The summed E-state index contributed by atoms with van der Waals surface area (Å²) in [6.07, 6.45) is 0. The second kappa shape index (κ2) is 10.5. The zero-order valence-corrected chi connectivity index (χ0v) is 31.0. The van der Waals surface area contributed by atoms with Crippen LogP contribution in [-0.4, -0.2) is 0 Å². The Morgan fingerprint density at radius 1 is 0.327 bits per heavy atom. The Labute approximate surface area is 302 Å². The maximum Gasteiger partial charge on any atom is 0.0159 e. The molecular weight excluding hydrogens is 629 g/mol. The van der Waals surface area contributed by atoms with Crippen LogP contribution in [0.15, 0.2) is 109 Å². The number of fused-ring (bicyclic) bond motifs is 9. The van der Waals surface area contributed by atoms with Crippen molar-refractivity contribution < 1.29 is 0 Å². The highest BCUT2D eigenvalue weighted by molar-refractivity contribution is 7.79. The minimum absolute atomic E-state index is 0.0484. The molecule has 2 heteroatoms. The summed E-state index contributed by atoms with van der Waals surface area (Å²) in [5, 5.41) is 0. The van der Waals surface area contributed by atoms with E-state index in [9.17, 15) is 0 Å². The smallest absolute Gasteiger partial charge is 0.0159 e. The molecule has 0 aromatic heterocycles. The molecule has 6 aromatic rings. The number of benzene rings is 6. The van der Waals surface area contributed by atoms with Gasteiger partial charge in [-0.15, -0.1) is 0 Å². The molecular formula is C47H42S2. The van der Waals surface area contributed by atoms with Gasteiger partial charge in [0.25, 0.3) is 0 Å². The van der Waals surface area contributed by atoms with Gasteiger partial charge in [0.2, 0.25) is 0 Å². The van der Waals surface area contributed by atoms with Gasteiger partial charge in [0.15, 0.2) is 0 Å². The first-order valence-corrected chi connectivity index (χ1v) is 18.8. The largest absolute Gasteiger partial charge is 0.175 e. The standard InChI is InChI=1S/C47H42S2/c1-45(2)39-19-27(25-48)7-13-33(39)35-15-9-29(21-41(35)45)31-11-17-37-38-18-12-32(24-44(38)47(5,6)43(37)23-31)30-10-16-36-34-14-8-28(26-49)20-40(34)46(3,4)42(36)22-30/h7-24,48-49H,25-26H2,1-6H3. The summed E-state index contributed by atoms with van der Waals surface area (Å²) >= 11 is 9.11. The van der Waals surface area contributed by atoms with E-state index in [2.05, 4.69) is 176 Å². The molecule has 0 radical (unpaired) electrons. The zero-order chi connectivity index (χ0) is 34.0. The molecule has 0 spiro atoms. The van der Waals surface area contributed by atoms with E-state index >= 15 is 0 Å². The van der Waals surface area contributed by atoms with E-state index in [1.807, 2.05) is 0 Å². The van der Waals surface area contributed by atoms with Crippen molar-refractivity contribution >= 4 is 25.3 Å². The second-order valence-corrected chi connectivity index (χ2v) is 16.6. The van der Waals surface area contributed by atoms with Gasteiger partial charge in [-0.2, -0.15) is 25.3 Å². The zero-order valence-electron chi connectivity index (χ0n) is 29.2. The van der Waals surface area contributed by atoms with Crippen molar-refractivity contribution in [3.63, 3.8) is 0 Å². The lowest BCUT2D eigenvalue weighted by Crippen LogP contribution is -2.16. The van der Waals surface area contributed by atoms with Crippen LogP contribution in [-0.2, 0) is 27.8 Å². The fourth-order valence-corrected chi connectivity index (χ4v) is 9.62. The first kappa shape index (κ1) is 31.0. The van der Waals surface area contributed by atoms with Crippen LogP contribution in [0.25, 0.3) is 55.6 Å². The van der Waals surface area contributed by atoms with Crippen molar-refractivity contribution in [2.75, 3.05) is 0 Å². The van der Waals surface area contributed by atoms with Crippen LogP contribution in [0, 0.1) is 0 Å². The predicted octanol–water partition coefficient (Wildman–Crippen LogP) is 12.8. The molecule has 9 rings (SSSR count). The fraction of sp³-hybridized carbons (Fsp3) is 0.234. The maximum atomic E-state index is 4.55. The Balaban J connectivity index is 1.07. The van der Waals surface area contributed by atoms with Crippen LogP contribution in [0.4, 0.5) is 0 Å². The van der Waals surface area contributed by atoms with E-state index in [4.69, 9.17) is 0 Å². The molecule has 0 amide bonds. The molecule has 3 aliphatic carbocycles. The normalized spacial score (nSPS) is 16.4. The van der Waals surface area contributed by atoms with Crippen molar-refractivity contribution in [1.29, 1.82) is 0 Å². The van der Waals surface area contributed by atoms with Gasteiger partial charge in [0.1, 0.15) is 0 Å². The lowest BCUT2D eigenvalue weighted by atomic mass is 9.79. The first-order chi connectivity index (χ1) is 23.4. The van der Waals surface area contributed by atoms with E-state index in [0.717, 1.165) is 11.5 Å². The van der Waals surface area contributed by atoms with Gasteiger partial charge in [-0.25, -0.2) is 0 Å². The third-order valence-electron chi connectivity index (χ3n) is 12.2. The van der Waals surface area contributed by atoms with Crippen molar-refractivity contribution in [2.24, 2.45) is 0 Å². The first-order valence-electron chi connectivity index (χ1n) is 17.5. The van der Waals surface area contributed by atoms with Gasteiger partial charge in [0, 0.05) is 27.8 Å². The van der Waals surface area contributed by atoms with Gasteiger partial charge in [-0.3, -0.25) is 0 Å². The minimum atomic E-state index is -0.109. The molecule has 0 fully saturated rings. The monoisotopic (exact) mass is 670 g/mol. The highest BCUT2D eigenvalue weighted by Gasteiger charge is 2.39. The Kier molecular flexibility index (Phi) is 6.66. The van der Waals surface area contributed by atoms with Gasteiger partial charge >= 0.3 is 0 Å². The van der Waals surface area contributed by atoms with E-state index < -0.39 is 0 Å². The second-order valence-electron chi connectivity index (χ2n) is 16.0. The molecule has 49 heavy (non-hydrogen) atoms. The van der Waals surface area contributed by atoms with Gasteiger partial charge in [-0.1, -0.05) is 126 Å². The Morgan fingerprint density at radius 2 is 0.551 bits per heavy atom. The Hall–Kier alpha value is -3.98. The lowest BCUT2D eigenvalue weighted by Gasteiger charge is -2.24. The summed E-state index contributed by atoms with van der Waals surface area (Å²) in [4.78, 5) is 0. The van der Waals surface area contributed by atoms with Crippen molar-refractivity contribution in [1.82, 2.24) is 0 Å². The summed E-state index contributed by atoms with van der Waals surface area (Å²) in [5.41, 5.74) is 24.1. The quantitative estimate of drug-likeness (QED) is 0.171. The lowest BCUT2D eigenvalue weighted by molar-refractivity contribution is 0.659. The molecule has 0 bridgehead atoms. The molecule has 242 valence electrons. The van der Waals surface area contributed by atoms with Gasteiger partial charge < -0.3 is 0 Å². The topological polar surface area (TPSA) is 0 Å². The highest BCUT2D eigenvalue weighted by Crippen LogP contribution is 2.54. The molecule has 3 aliphatic rings. The molecule has 0 aliphatic heterocycles. The van der Waals surface area contributed by atoms with E-state index in [1.165, 1.54) is 100 Å². The summed E-state index contributed by atoms with van der Waals surface area (Å²) < 4.78 is 0. The maximum absolute atomic E-state index is 4.55. The van der Waals surface area contributed by atoms with Gasteiger partial charge in [-0.05, 0) is 124 Å². The van der Waals surface area contributed by atoms with Crippen LogP contribution in [0.2, 0.25) is 0 Å². The Bertz CT molecular complexity index is 2220. The molecule has 0 unspecified atom stereocenters. The fourth-order valence-electron chi connectivity index (χ4n) is 9.22. The number of hydrogen-bond donors (Lipinski definition) is 2. The molecule has 0 nitrogen and oxygen atoms in total. The summed E-state index contributed by atoms with van der Waals surface area (Å²) in [7, 11) is 0. The average Bonchev–Trinajstić information content (AvgIpc) is 3.59. The van der Waals surface area contributed by atoms with Gasteiger partial charge in [0.05, 0.1) is 0 Å². The van der Waals surface area contributed by atoms with E-state index in [0.29, 0.717) is 0 Å². The van der Waals surface area contributed by atoms with Crippen LogP contribution in [0.5, 0.6) is 0 Å². The molecule has 6 aromatic carbocycles. The van der Waals surface area contributed by atoms with Crippen LogP contribution in [0.1, 0.15) is 86.1 Å². The van der Waals surface area contributed by atoms with Crippen LogP contribution >= 0.6 is 25.3 Å². The molecule has 0 N–H and O–H groups in total. The third-order valence-corrected chi connectivity index (χ3v) is 12.9. The molecule has 0 atom stereocenters. The number of hydrogen-bond acceptors (Lipinski definition) is 2. The summed E-state index contributed by atoms with van der Waals surface area (Å²) in [6, 6.07) is 42.2.